The van der Waals surface area contributed by atoms with Gasteiger partial charge in [-0.3, -0.25) is 4.79 Å². The lowest BCUT2D eigenvalue weighted by Crippen LogP contribution is -2.68. The average molecular weight is 239 g/mol. The molecule has 0 aromatic carbocycles. The standard InChI is InChI=1S/C13H21NO3/c1-16-11-5-6-17-13(7-11)8-14(9-13)12(15)10-3-2-4-10/h10-11H,2-9H2,1H3/t11-/m1/s1. The SMILES string of the molecule is CO[C@@H]1CCOC2(C1)CN(C(=O)C1CCC1)C2. The van der Waals surface area contributed by atoms with Crippen LogP contribution in [-0.2, 0) is 14.3 Å². The van der Waals surface area contributed by atoms with Gasteiger partial charge in [-0.2, -0.15) is 0 Å². The van der Waals surface area contributed by atoms with E-state index in [9.17, 15) is 4.79 Å². The van der Waals surface area contributed by atoms with E-state index in [1.54, 1.807) is 7.11 Å². The summed E-state index contributed by atoms with van der Waals surface area (Å²) in [6, 6.07) is 0. The Kier molecular flexibility index (Phi) is 2.87. The van der Waals surface area contributed by atoms with Gasteiger partial charge in [0, 0.05) is 26.1 Å². The summed E-state index contributed by atoms with van der Waals surface area (Å²) in [4.78, 5) is 14.0. The number of amides is 1. The third-order valence-corrected chi connectivity index (χ3v) is 4.51. The van der Waals surface area contributed by atoms with E-state index in [0.29, 0.717) is 17.9 Å². The Morgan fingerprint density at radius 2 is 2.12 bits per heavy atom. The second-order valence-electron chi connectivity index (χ2n) is 5.70. The monoisotopic (exact) mass is 239 g/mol. The summed E-state index contributed by atoms with van der Waals surface area (Å²) in [6.07, 6.45) is 5.63. The lowest BCUT2D eigenvalue weighted by molar-refractivity contribution is -0.201. The van der Waals surface area contributed by atoms with Crippen molar-refractivity contribution in [3.63, 3.8) is 0 Å². The number of carbonyl (C=O) groups is 1. The highest BCUT2D eigenvalue weighted by Crippen LogP contribution is 2.38. The molecule has 1 saturated carbocycles. The number of ether oxygens (including phenoxy) is 2. The van der Waals surface area contributed by atoms with Crippen molar-refractivity contribution in [2.24, 2.45) is 5.92 Å². The number of nitrogens with zero attached hydrogens (tertiary/aromatic N) is 1. The first-order valence-electron chi connectivity index (χ1n) is 6.68. The van der Waals surface area contributed by atoms with Gasteiger partial charge in [0.05, 0.1) is 19.2 Å². The largest absolute Gasteiger partial charge is 0.381 e. The first-order valence-corrected chi connectivity index (χ1v) is 6.68. The van der Waals surface area contributed by atoms with Crippen molar-refractivity contribution in [2.45, 2.75) is 43.8 Å². The van der Waals surface area contributed by atoms with Crippen molar-refractivity contribution < 1.29 is 14.3 Å². The third kappa shape index (κ3) is 1.97. The molecule has 2 saturated heterocycles. The highest BCUT2D eigenvalue weighted by atomic mass is 16.5. The molecule has 1 atom stereocenters. The van der Waals surface area contributed by atoms with Crippen LogP contribution in [0.3, 0.4) is 0 Å². The van der Waals surface area contributed by atoms with Crippen LogP contribution in [-0.4, -0.2) is 49.3 Å². The van der Waals surface area contributed by atoms with Crippen molar-refractivity contribution >= 4 is 5.91 Å². The molecular formula is C13H21NO3. The zero-order valence-corrected chi connectivity index (χ0v) is 10.5. The molecular weight excluding hydrogens is 218 g/mol. The molecule has 0 unspecified atom stereocenters. The minimum Gasteiger partial charge on any atom is -0.381 e. The first-order chi connectivity index (χ1) is 8.22. The van der Waals surface area contributed by atoms with E-state index in [0.717, 1.165) is 45.4 Å². The molecule has 3 fully saturated rings. The zero-order valence-electron chi connectivity index (χ0n) is 10.5. The van der Waals surface area contributed by atoms with Crippen molar-refractivity contribution in [2.75, 3.05) is 26.8 Å². The minimum atomic E-state index is -0.0850. The smallest absolute Gasteiger partial charge is 0.225 e. The van der Waals surface area contributed by atoms with Crippen LogP contribution in [0.25, 0.3) is 0 Å². The fraction of sp³-hybridized carbons (Fsp3) is 0.923. The molecule has 96 valence electrons. The Bertz CT molecular complexity index is 308. The van der Waals surface area contributed by atoms with Gasteiger partial charge in [-0.25, -0.2) is 0 Å². The molecule has 1 amide bonds. The van der Waals surface area contributed by atoms with E-state index in [1.165, 1.54) is 6.42 Å². The molecule has 4 nitrogen and oxygen atoms in total. The van der Waals surface area contributed by atoms with Gasteiger partial charge in [0.15, 0.2) is 0 Å². The average Bonchev–Trinajstić information content (AvgIpc) is 2.23. The summed E-state index contributed by atoms with van der Waals surface area (Å²) in [5.74, 6) is 0.666. The van der Waals surface area contributed by atoms with Crippen LogP contribution in [0, 0.1) is 5.92 Å². The summed E-state index contributed by atoms with van der Waals surface area (Å²) in [7, 11) is 1.76. The quantitative estimate of drug-likeness (QED) is 0.726. The number of rotatable bonds is 2. The molecule has 2 aliphatic heterocycles. The number of methoxy groups -OCH3 is 1. The van der Waals surface area contributed by atoms with E-state index in [1.807, 2.05) is 4.90 Å². The van der Waals surface area contributed by atoms with Gasteiger partial charge in [0.25, 0.3) is 0 Å². The topological polar surface area (TPSA) is 38.8 Å². The Balaban J connectivity index is 1.53. The van der Waals surface area contributed by atoms with Crippen LogP contribution < -0.4 is 0 Å². The van der Waals surface area contributed by atoms with Crippen LogP contribution in [0.5, 0.6) is 0 Å². The van der Waals surface area contributed by atoms with E-state index in [2.05, 4.69) is 0 Å². The molecule has 0 bridgehead atoms. The van der Waals surface area contributed by atoms with Gasteiger partial charge >= 0.3 is 0 Å². The van der Waals surface area contributed by atoms with Gasteiger partial charge in [-0.05, 0) is 19.3 Å². The predicted octanol–water partition coefficient (Wildman–Crippen LogP) is 1.19. The lowest BCUT2D eigenvalue weighted by atomic mass is 9.80. The van der Waals surface area contributed by atoms with Gasteiger partial charge in [0.1, 0.15) is 5.60 Å². The predicted molar refractivity (Wildman–Crippen MR) is 62.6 cm³/mol. The van der Waals surface area contributed by atoms with Crippen molar-refractivity contribution in [1.82, 2.24) is 4.90 Å². The van der Waals surface area contributed by atoms with Crippen molar-refractivity contribution in [3.05, 3.63) is 0 Å². The molecule has 0 aromatic rings. The molecule has 17 heavy (non-hydrogen) atoms. The summed E-state index contributed by atoms with van der Waals surface area (Å²) in [5, 5.41) is 0. The van der Waals surface area contributed by atoms with Crippen LogP contribution in [0.4, 0.5) is 0 Å². The summed E-state index contributed by atoms with van der Waals surface area (Å²) < 4.78 is 11.3. The first kappa shape index (κ1) is 11.5. The van der Waals surface area contributed by atoms with Crippen molar-refractivity contribution in [3.8, 4) is 0 Å². The second kappa shape index (κ2) is 4.25. The molecule has 3 rings (SSSR count). The fourth-order valence-electron chi connectivity index (χ4n) is 3.12. The summed E-state index contributed by atoms with van der Waals surface area (Å²) in [5.41, 5.74) is -0.0850. The molecule has 0 aromatic heterocycles. The van der Waals surface area contributed by atoms with Crippen LogP contribution in [0.2, 0.25) is 0 Å². The maximum atomic E-state index is 12.0. The molecule has 3 aliphatic rings. The zero-order chi connectivity index (χ0) is 11.9. The number of carbonyl (C=O) groups excluding carboxylic acids is 1. The van der Waals surface area contributed by atoms with E-state index < -0.39 is 0 Å². The number of likely N-dealkylation sites (tertiary alicyclic amines) is 1. The van der Waals surface area contributed by atoms with Crippen LogP contribution in [0.15, 0.2) is 0 Å². The molecule has 0 radical (unpaired) electrons. The second-order valence-corrected chi connectivity index (χ2v) is 5.70. The van der Waals surface area contributed by atoms with Crippen LogP contribution >= 0.6 is 0 Å². The van der Waals surface area contributed by atoms with Gasteiger partial charge in [-0.15, -0.1) is 0 Å². The van der Waals surface area contributed by atoms with E-state index in [-0.39, 0.29) is 5.60 Å². The normalized spacial score (nSPS) is 32.1. The Morgan fingerprint density at radius 3 is 2.71 bits per heavy atom. The van der Waals surface area contributed by atoms with Crippen LogP contribution in [0.1, 0.15) is 32.1 Å². The maximum Gasteiger partial charge on any atom is 0.225 e. The molecule has 2 heterocycles. The Labute approximate surface area is 102 Å². The van der Waals surface area contributed by atoms with Gasteiger partial charge in [0.2, 0.25) is 5.91 Å². The Hall–Kier alpha value is -0.610. The highest BCUT2D eigenvalue weighted by Gasteiger charge is 2.50. The van der Waals surface area contributed by atoms with Crippen molar-refractivity contribution in [1.29, 1.82) is 0 Å². The molecule has 1 aliphatic carbocycles. The molecule has 4 heteroatoms. The number of hydrogen-bond donors (Lipinski definition) is 0. The fourth-order valence-corrected chi connectivity index (χ4v) is 3.12. The Morgan fingerprint density at radius 1 is 1.35 bits per heavy atom. The third-order valence-electron chi connectivity index (χ3n) is 4.51. The van der Waals surface area contributed by atoms with Gasteiger partial charge in [-0.1, -0.05) is 6.42 Å². The van der Waals surface area contributed by atoms with Gasteiger partial charge < -0.3 is 14.4 Å². The lowest BCUT2D eigenvalue weighted by Gasteiger charge is -2.54. The number of hydrogen-bond acceptors (Lipinski definition) is 3. The summed E-state index contributed by atoms with van der Waals surface area (Å²) >= 11 is 0. The van der Waals surface area contributed by atoms with E-state index >= 15 is 0 Å². The highest BCUT2D eigenvalue weighted by molar-refractivity contribution is 5.80. The molecule has 0 N–H and O–H groups in total. The maximum absolute atomic E-state index is 12.0. The minimum absolute atomic E-state index is 0.0850. The van der Waals surface area contributed by atoms with E-state index in [4.69, 9.17) is 9.47 Å². The molecule has 1 spiro atoms. The summed E-state index contributed by atoms with van der Waals surface area (Å²) in [6.45, 7) is 2.33.